The monoisotopic (exact) mass is 700 g/mol. The van der Waals surface area contributed by atoms with Gasteiger partial charge in [-0.1, -0.05) is 141 Å². The molecule has 0 saturated heterocycles. The minimum Gasteiger partial charge on any atom is -0.507 e. The van der Waals surface area contributed by atoms with Crippen molar-refractivity contribution >= 4 is 23.8 Å². The molecule has 51 heavy (non-hydrogen) atoms. The zero-order chi connectivity index (χ0) is 37.3. The van der Waals surface area contributed by atoms with E-state index in [4.69, 9.17) is 9.47 Å². The molecule has 0 radical (unpaired) electrons. The fraction of sp³-hybridized carbons (Fsp3) is 0.362. The van der Waals surface area contributed by atoms with E-state index in [1.807, 2.05) is 12.1 Å². The van der Waals surface area contributed by atoms with Crippen LogP contribution in [-0.4, -0.2) is 5.11 Å². The highest BCUT2D eigenvalue weighted by atomic mass is 31.1. The van der Waals surface area contributed by atoms with Crippen molar-refractivity contribution in [2.45, 2.75) is 113 Å². The van der Waals surface area contributed by atoms with Gasteiger partial charge in [0.2, 0.25) is 0 Å². The Balaban J connectivity index is 1.91. The van der Waals surface area contributed by atoms with Crippen molar-refractivity contribution in [2.75, 3.05) is 0 Å². The third-order valence-electron chi connectivity index (χ3n) is 9.26. The average Bonchev–Trinajstić information content (AvgIpc) is 3.04. The number of hydrogen-bond donors (Lipinski definition) is 1. The molecule has 0 fully saturated rings. The average molecular weight is 701 g/mol. The molecule has 0 atom stereocenters. The fourth-order valence-corrected chi connectivity index (χ4v) is 9.49. The molecule has 0 aliphatic carbocycles. The summed E-state index contributed by atoms with van der Waals surface area (Å²) in [5.74, 6) is 2.11. The van der Waals surface area contributed by atoms with E-state index >= 15 is 0 Å². The van der Waals surface area contributed by atoms with Crippen LogP contribution in [0.2, 0.25) is 0 Å². The second-order valence-electron chi connectivity index (χ2n) is 17.1. The van der Waals surface area contributed by atoms with Crippen LogP contribution in [0.5, 0.6) is 17.2 Å². The highest BCUT2D eigenvalue weighted by Crippen LogP contribution is 2.49. The molecule has 1 N–H and O–H groups in total. The quantitative estimate of drug-likeness (QED) is 0.156. The normalized spacial score (nSPS) is 12.3. The van der Waals surface area contributed by atoms with Gasteiger partial charge in [-0.3, -0.25) is 0 Å². The molecule has 0 heterocycles. The van der Waals surface area contributed by atoms with Gasteiger partial charge in [0.1, 0.15) is 30.5 Å². The summed E-state index contributed by atoms with van der Waals surface area (Å²) in [5.41, 5.74) is 8.24. The van der Waals surface area contributed by atoms with Crippen LogP contribution in [0.15, 0.2) is 97.1 Å². The standard InChI is InChI=1S/C47H57O3P/c1-31-23-36(45(4,5)6)42(48)39(26-31)51(40-27-32(2)24-37(46(7,8)9)43(40)49-29-34-19-15-13-16-20-34)41-28-33(3)25-38(47(10,11)12)44(41)50-30-35-21-17-14-18-22-35/h13-28,48H,29-30H2,1-12H3. The molecule has 5 aromatic rings. The Hall–Kier alpha value is -4.07. The van der Waals surface area contributed by atoms with Gasteiger partial charge in [-0.05, 0) is 91.0 Å². The number of aromatic hydroxyl groups is 1. The topological polar surface area (TPSA) is 38.7 Å². The van der Waals surface area contributed by atoms with E-state index in [9.17, 15) is 5.11 Å². The van der Waals surface area contributed by atoms with Crippen LogP contribution in [0.3, 0.4) is 0 Å². The Morgan fingerprint density at radius 1 is 0.471 bits per heavy atom. The molecule has 0 unspecified atom stereocenters. The molecular weight excluding hydrogens is 643 g/mol. The van der Waals surface area contributed by atoms with Gasteiger partial charge < -0.3 is 14.6 Å². The predicted octanol–water partition coefficient (Wildman–Crippen LogP) is 11.1. The van der Waals surface area contributed by atoms with E-state index in [-0.39, 0.29) is 16.2 Å². The number of benzene rings is 5. The van der Waals surface area contributed by atoms with Crippen LogP contribution in [0.4, 0.5) is 0 Å². The maximum Gasteiger partial charge on any atom is 0.131 e. The lowest BCUT2D eigenvalue weighted by atomic mass is 9.85. The number of rotatable bonds is 9. The van der Waals surface area contributed by atoms with Crippen LogP contribution in [0, 0.1) is 20.8 Å². The first-order valence-corrected chi connectivity index (χ1v) is 19.5. The number of phenolic OH excluding ortho intramolecular Hbond substituents is 1. The SMILES string of the molecule is Cc1cc(P(c2cc(C)cc(C(C)(C)C)c2OCc2ccccc2)c2cc(C)cc(C(C)(C)C)c2OCc2ccccc2)c(O)c(C(C)(C)C)c1. The van der Waals surface area contributed by atoms with Crippen molar-refractivity contribution in [2.24, 2.45) is 0 Å². The highest BCUT2D eigenvalue weighted by Gasteiger charge is 2.35. The van der Waals surface area contributed by atoms with Gasteiger partial charge in [0.25, 0.3) is 0 Å². The van der Waals surface area contributed by atoms with Crippen molar-refractivity contribution in [1.29, 1.82) is 0 Å². The van der Waals surface area contributed by atoms with Crippen LogP contribution in [0.1, 0.15) is 107 Å². The maximum atomic E-state index is 12.5. The Labute approximate surface area is 308 Å². The van der Waals surface area contributed by atoms with Crippen LogP contribution >= 0.6 is 7.92 Å². The maximum absolute atomic E-state index is 12.5. The van der Waals surface area contributed by atoms with Crippen LogP contribution in [0.25, 0.3) is 0 Å². The summed E-state index contributed by atoms with van der Waals surface area (Å²) in [4.78, 5) is 0. The van der Waals surface area contributed by atoms with Crippen molar-refractivity contribution in [1.82, 2.24) is 0 Å². The zero-order valence-corrected chi connectivity index (χ0v) is 33.8. The minimum absolute atomic E-state index is 0.200. The molecule has 268 valence electrons. The molecule has 0 aromatic heterocycles. The van der Waals surface area contributed by atoms with Gasteiger partial charge in [-0.15, -0.1) is 0 Å². The van der Waals surface area contributed by atoms with E-state index in [0.717, 1.165) is 71.9 Å². The second-order valence-corrected chi connectivity index (χ2v) is 19.3. The van der Waals surface area contributed by atoms with Gasteiger partial charge in [0.15, 0.2) is 0 Å². The lowest BCUT2D eigenvalue weighted by Gasteiger charge is -2.33. The van der Waals surface area contributed by atoms with E-state index in [2.05, 4.69) is 168 Å². The number of aryl methyl sites for hydroxylation is 3. The van der Waals surface area contributed by atoms with Gasteiger partial charge in [0, 0.05) is 32.6 Å². The summed E-state index contributed by atoms with van der Waals surface area (Å²) in [6.07, 6.45) is 0. The Kier molecular flexibility index (Phi) is 11.1. The molecule has 0 bridgehead atoms. The largest absolute Gasteiger partial charge is 0.507 e. The fourth-order valence-electron chi connectivity index (χ4n) is 6.61. The third-order valence-corrected chi connectivity index (χ3v) is 11.7. The molecule has 3 nitrogen and oxygen atoms in total. The smallest absolute Gasteiger partial charge is 0.131 e. The first-order valence-electron chi connectivity index (χ1n) is 18.1. The van der Waals surface area contributed by atoms with Crippen molar-refractivity contribution in [3.05, 3.63) is 142 Å². The summed E-state index contributed by atoms with van der Waals surface area (Å²) in [7, 11) is -1.41. The van der Waals surface area contributed by atoms with Gasteiger partial charge >= 0.3 is 0 Å². The first-order chi connectivity index (χ1) is 23.8. The lowest BCUT2D eigenvalue weighted by molar-refractivity contribution is 0.299. The lowest BCUT2D eigenvalue weighted by Crippen LogP contribution is -2.30. The van der Waals surface area contributed by atoms with Gasteiger partial charge in [-0.25, -0.2) is 0 Å². The summed E-state index contributed by atoms with van der Waals surface area (Å²) < 4.78 is 14.0. The summed E-state index contributed by atoms with van der Waals surface area (Å²) in [6, 6.07) is 34.2. The van der Waals surface area contributed by atoms with Crippen molar-refractivity contribution < 1.29 is 14.6 Å². The molecule has 0 spiro atoms. The minimum atomic E-state index is -1.41. The van der Waals surface area contributed by atoms with Crippen molar-refractivity contribution in [3.8, 4) is 17.2 Å². The molecule has 4 heteroatoms. The Bertz CT molecular complexity index is 1860. The molecule has 0 aliphatic heterocycles. The molecule has 5 aromatic carbocycles. The molecule has 0 saturated carbocycles. The van der Waals surface area contributed by atoms with Gasteiger partial charge in [0.05, 0.1) is 0 Å². The van der Waals surface area contributed by atoms with E-state index in [0.29, 0.717) is 19.0 Å². The zero-order valence-electron chi connectivity index (χ0n) is 32.9. The van der Waals surface area contributed by atoms with E-state index in [1.165, 1.54) is 0 Å². The van der Waals surface area contributed by atoms with E-state index in [1.54, 1.807) is 0 Å². The van der Waals surface area contributed by atoms with Gasteiger partial charge in [-0.2, -0.15) is 0 Å². The van der Waals surface area contributed by atoms with Crippen molar-refractivity contribution in [3.63, 3.8) is 0 Å². The summed E-state index contributed by atoms with van der Waals surface area (Å²) in [6.45, 7) is 27.4. The number of hydrogen-bond acceptors (Lipinski definition) is 3. The predicted molar refractivity (Wildman–Crippen MR) is 219 cm³/mol. The first kappa shape index (κ1) is 38.2. The number of phenols is 1. The Morgan fingerprint density at radius 2 is 0.804 bits per heavy atom. The Morgan fingerprint density at radius 3 is 1.16 bits per heavy atom. The molecule has 0 aliphatic rings. The summed E-state index contributed by atoms with van der Waals surface area (Å²) >= 11 is 0. The molecular formula is C47H57O3P. The van der Waals surface area contributed by atoms with Crippen LogP contribution < -0.4 is 25.4 Å². The second kappa shape index (κ2) is 14.9. The summed E-state index contributed by atoms with van der Waals surface area (Å²) in [5, 5.41) is 15.6. The molecule has 0 amide bonds. The molecule has 5 rings (SSSR count). The number of ether oxygens (including phenoxy) is 2. The third kappa shape index (κ3) is 8.88. The van der Waals surface area contributed by atoms with Crippen LogP contribution in [-0.2, 0) is 29.5 Å². The highest BCUT2D eigenvalue weighted by molar-refractivity contribution is 7.80. The van der Waals surface area contributed by atoms with E-state index < -0.39 is 7.92 Å².